The van der Waals surface area contributed by atoms with Crippen molar-refractivity contribution >= 4 is 28.5 Å². The fourth-order valence-electron chi connectivity index (χ4n) is 2.97. The summed E-state index contributed by atoms with van der Waals surface area (Å²) in [6.45, 7) is 0.525. The summed E-state index contributed by atoms with van der Waals surface area (Å²) in [6, 6.07) is 17.7. The van der Waals surface area contributed by atoms with Gasteiger partial charge in [0.2, 0.25) is 5.91 Å². The number of halogens is 1. The van der Waals surface area contributed by atoms with Crippen molar-refractivity contribution in [3.63, 3.8) is 0 Å². The van der Waals surface area contributed by atoms with E-state index in [1.165, 1.54) is 10.7 Å². The van der Waals surface area contributed by atoms with Crippen molar-refractivity contribution in [2.75, 3.05) is 6.54 Å². The van der Waals surface area contributed by atoms with Gasteiger partial charge < -0.3 is 9.84 Å². The molecular weight excluding hydrogens is 392 g/mol. The van der Waals surface area contributed by atoms with Crippen molar-refractivity contribution in [3.05, 3.63) is 81.7 Å². The Balaban J connectivity index is 1.38. The van der Waals surface area contributed by atoms with Crippen LogP contribution in [0.3, 0.4) is 0 Å². The minimum absolute atomic E-state index is 0.101. The van der Waals surface area contributed by atoms with Crippen LogP contribution in [0, 0.1) is 0 Å². The molecule has 146 valence electrons. The van der Waals surface area contributed by atoms with Crippen molar-refractivity contribution in [2.45, 2.75) is 13.0 Å². The molecular formula is C21H17ClN4O3. The summed E-state index contributed by atoms with van der Waals surface area (Å²) in [4.78, 5) is 24.3. The van der Waals surface area contributed by atoms with E-state index in [0.717, 1.165) is 10.9 Å². The van der Waals surface area contributed by atoms with E-state index in [4.69, 9.17) is 16.1 Å². The van der Waals surface area contributed by atoms with Crippen molar-refractivity contribution in [1.29, 1.82) is 0 Å². The molecule has 0 aliphatic heterocycles. The summed E-state index contributed by atoms with van der Waals surface area (Å²) in [6.07, 6.45) is 0.101. The molecule has 4 aromatic rings. The fraction of sp³-hybridized carbons (Fsp3) is 0.143. The maximum Gasteiger partial charge on any atom is 0.266 e. The van der Waals surface area contributed by atoms with Crippen molar-refractivity contribution in [3.8, 4) is 11.3 Å². The molecule has 1 N–H and O–H groups in total. The molecule has 0 spiro atoms. The molecule has 0 fully saturated rings. The van der Waals surface area contributed by atoms with Crippen LogP contribution in [0.25, 0.3) is 22.2 Å². The predicted octanol–water partition coefficient (Wildman–Crippen LogP) is 3.06. The number of amides is 1. The quantitative estimate of drug-likeness (QED) is 0.529. The Morgan fingerprint density at radius 1 is 1.07 bits per heavy atom. The summed E-state index contributed by atoms with van der Waals surface area (Å²) < 4.78 is 6.54. The summed E-state index contributed by atoms with van der Waals surface area (Å²) >= 11 is 5.91. The lowest BCUT2D eigenvalue weighted by Crippen LogP contribution is -2.32. The molecule has 0 saturated carbocycles. The Labute approximate surface area is 170 Å². The normalized spacial score (nSPS) is 10.9. The molecule has 0 atom stereocenters. The first-order chi connectivity index (χ1) is 14.1. The molecule has 2 aromatic heterocycles. The Morgan fingerprint density at radius 3 is 2.69 bits per heavy atom. The van der Waals surface area contributed by atoms with Crippen LogP contribution in [-0.4, -0.2) is 27.4 Å². The van der Waals surface area contributed by atoms with Crippen LogP contribution in [-0.2, 0) is 17.8 Å². The SMILES string of the molecule is O=C(Cc1noc2ccccc12)NCCn1nc(-c2ccc(Cl)cc2)ccc1=O. The van der Waals surface area contributed by atoms with Crippen LogP contribution in [0.15, 0.2) is 70.0 Å². The average Bonchev–Trinajstić information content (AvgIpc) is 3.13. The number of carbonyl (C=O) groups is 1. The van der Waals surface area contributed by atoms with E-state index < -0.39 is 0 Å². The highest BCUT2D eigenvalue weighted by molar-refractivity contribution is 6.30. The van der Waals surface area contributed by atoms with Gasteiger partial charge in [-0.1, -0.05) is 41.0 Å². The Hall–Kier alpha value is -3.45. The molecule has 1 amide bonds. The van der Waals surface area contributed by atoms with E-state index in [2.05, 4.69) is 15.6 Å². The summed E-state index contributed by atoms with van der Waals surface area (Å²) in [7, 11) is 0. The zero-order valence-electron chi connectivity index (χ0n) is 15.3. The maximum atomic E-state index is 12.2. The van der Waals surface area contributed by atoms with E-state index in [-0.39, 0.29) is 31.0 Å². The van der Waals surface area contributed by atoms with Crippen LogP contribution in [0.5, 0.6) is 0 Å². The molecule has 2 heterocycles. The maximum absolute atomic E-state index is 12.2. The number of carbonyl (C=O) groups excluding carboxylic acids is 1. The van der Waals surface area contributed by atoms with Crippen molar-refractivity contribution in [1.82, 2.24) is 20.3 Å². The standard InChI is InChI=1S/C21H17ClN4O3/c22-15-7-5-14(6-8-15)17-9-10-21(28)26(24-17)12-11-23-20(27)13-18-16-3-1-2-4-19(16)29-25-18/h1-10H,11-13H2,(H,23,27). The third kappa shape index (κ3) is 4.35. The van der Waals surface area contributed by atoms with Crippen LogP contribution in [0.4, 0.5) is 0 Å². The highest BCUT2D eigenvalue weighted by Gasteiger charge is 2.12. The van der Waals surface area contributed by atoms with Crippen LogP contribution in [0.2, 0.25) is 5.02 Å². The second-order valence-corrected chi connectivity index (χ2v) is 6.88. The lowest BCUT2D eigenvalue weighted by Gasteiger charge is -2.08. The molecule has 7 nitrogen and oxygen atoms in total. The first kappa shape index (κ1) is 18.9. The number of fused-ring (bicyclic) bond motifs is 1. The van der Waals surface area contributed by atoms with Gasteiger partial charge in [0.05, 0.1) is 18.7 Å². The summed E-state index contributed by atoms with van der Waals surface area (Å²) in [5.41, 5.74) is 2.49. The largest absolute Gasteiger partial charge is 0.356 e. The molecule has 29 heavy (non-hydrogen) atoms. The topological polar surface area (TPSA) is 90.0 Å². The smallest absolute Gasteiger partial charge is 0.266 e. The number of nitrogens with zero attached hydrogens (tertiary/aromatic N) is 3. The number of aromatic nitrogens is 3. The molecule has 0 aliphatic carbocycles. The number of hydrogen-bond donors (Lipinski definition) is 1. The van der Waals surface area contributed by atoms with Crippen LogP contribution in [0.1, 0.15) is 5.69 Å². The number of nitrogens with one attached hydrogen (secondary N) is 1. The third-order valence-electron chi connectivity index (χ3n) is 4.43. The number of rotatable bonds is 6. The second-order valence-electron chi connectivity index (χ2n) is 6.44. The van der Waals surface area contributed by atoms with Crippen molar-refractivity contribution < 1.29 is 9.32 Å². The monoisotopic (exact) mass is 408 g/mol. The van der Waals surface area contributed by atoms with Gasteiger partial charge in [0.1, 0.15) is 5.69 Å². The average molecular weight is 409 g/mol. The molecule has 0 unspecified atom stereocenters. The van der Waals surface area contributed by atoms with E-state index in [9.17, 15) is 9.59 Å². The minimum Gasteiger partial charge on any atom is -0.356 e. The summed E-state index contributed by atoms with van der Waals surface area (Å²) in [5, 5.41) is 12.6. The zero-order valence-corrected chi connectivity index (χ0v) is 16.1. The van der Waals surface area contributed by atoms with Crippen LogP contribution >= 0.6 is 11.6 Å². The zero-order chi connectivity index (χ0) is 20.2. The Kier molecular flexibility index (Phi) is 5.39. The minimum atomic E-state index is -0.237. The highest BCUT2D eigenvalue weighted by atomic mass is 35.5. The molecule has 2 aromatic carbocycles. The molecule has 0 saturated heterocycles. The molecule has 0 bridgehead atoms. The van der Waals surface area contributed by atoms with Gasteiger partial charge in [0.25, 0.3) is 5.56 Å². The molecule has 0 aliphatic rings. The number of hydrogen-bond acceptors (Lipinski definition) is 5. The van der Waals surface area contributed by atoms with Crippen LogP contribution < -0.4 is 10.9 Å². The predicted molar refractivity (Wildman–Crippen MR) is 110 cm³/mol. The van der Waals surface area contributed by atoms with Gasteiger partial charge in [0, 0.05) is 28.6 Å². The lowest BCUT2D eigenvalue weighted by molar-refractivity contribution is -0.120. The number of para-hydroxylation sites is 1. The first-order valence-electron chi connectivity index (χ1n) is 9.04. The molecule has 0 radical (unpaired) electrons. The molecule has 4 rings (SSSR count). The van der Waals surface area contributed by atoms with Gasteiger partial charge in [-0.05, 0) is 30.3 Å². The Morgan fingerprint density at radius 2 is 1.86 bits per heavy atom. The van der Waals surface area contributed by atoms with Gasteiger partial charge in [-0.3, -0.25) is 9.59 Å². The first-order valence-corrected chi connectivity index (χ1v) is 9.42. The van der Waals surface area contributed by atoms with Gasteiger partial charge in [-0.25, -0.2) is 4.68 Å². The van der Waals surface area contributed by atoms with Gasteiger partial charge >= 0.3 is 0 Å². The van der Waals surface area contributed by atoms with Crippen molar-refractivity contribution in [2.24, 2.45) is 0 Å². The van der Waals surface area contributed by atoms with Gasteiger partial charge in [0.15, 0.2) is 5.58 Å². The van der Waals surface area contributed by atoms with E-state index in [0.29, 0.717) is 22.0 Å². The lowest BCUT2D eigenvalue weighted by atomic mass is 10.1. The molecule has 8 heteroatoms. The van der Waals surface area contributed by atoms with Gasteiger partial charge in [-0.2, -0.15) is 5.10 Å². The highest BCUT2D eigenvalue weighted by Crippen LogP contribution is 2.19. The fourth-order valence-corrected chi connectivity index (χ4v) is 3.09. The van der Waals surface area contributed by atoms with E-state index in [1.807, 2.05) is 30.3 Å². The number of benzene rings is 2. The van der Waals surface area contributed by atoms with E-state index in [1.54, 1.807) is 24.3 Å². The van der Waals surface area contributed by atoms with E-state index >= 15 is 0 Å². The van der Waals surface area contributed by atoms with Gasteiger partial charge in [-0.15, -0.1) is 0 Å². The summed E-state index contributed by atoms with van der Waals surface area (Å²) in [5.74, 6) is -0.203. The Bertz CT molecular complexity index is 1210. The third-order valence-corrected chi connectivity index (χ3v) is 4.68. The second kappa shape index (κ2) is 8.28.